The van der Waals surface area contributed by atoms with Crippen molar-refractivity contribution in [3.8, 4) is 0 Å². The molecule has 86 valence electrons. The van der Waals surface area contributed by atoms with Crippen molar-refractivity contribution in [2.75, 3.05) is 6.61 Å². The van der Waals surface area contributed by atoms with Crippen LogP contribution in [0.5, 0.6) is 0 Å². The van der Waals surface area contributed by atoms with Crippen LogP contribution < -0.4 is 5.32 Å². The molecule has 2 unspecified atom stereocenters. The van der Waals surface area contributed by atoms with Crippen LogP contribution in [0.4, 0.5) is 0 Å². The SMILES string of the molecule is CCOC1CC(NC2CC2)C12CCCC2. The lowest BCUT2D eigenvalue weighted by Gasteiger charge is -2.54. The highest BCUT2D eigenvalue weighted by molar-refractivity contribution is 5.11. The summed E-state index contributed by atoms with van der Waals surface area (Å²) in [6.45, 7) is 3.02. The van der Waals surface area contributed by atoms with Crippen LogP contribution in [0.1, 0.15) is 51.9 Å². The van der Waals surface area contributed by atoms with Crippen molar-refractivity contribution in [3.05, 3.63) is 0 Å². The fourth-order valence-electron chi connectivity index (χ4n) is 3.65. The fourth-order valence-corrected chi connectivity index (χ4v) is 3.65. The van der Waals surface area contributed by atoms with Crippen molar-refractivity contribution in [1.29, 1.82) is 0 Å². The van der Waals surface area contributed by atoms with Crippen LogP contribution in [0.15, 0.2) is 0 Å². The van der Waals surface area contributed by atoms with E-state index in [0.29, 0.717) is 11.5 Å². The summed E-state index contributed by atoms with van der Waals surface area (Å²) in [5, 5.41) is 3.83. The lowest BCUT2D eigenvalue weighted by molar-refractivity contribution is -0.130. The molecule has 15 heavy (non-hydrogen) atoms. The van der Waals surface area contributed by atoms with E-state index >= 15 is 0 Å². The van der Waals surface area contributed by atoms with Crippen LogP contribution in [-0.2, 0) is 4.74 Å². The van der Waals surface area contributed by atoms with Gasteiger partial charge in [0.2, 0.25) is 0 Å². The zero-order valence-electron chi connectivity index (χ0n) is 9.80. The van der Waals surface area contributed by atoms with E-state index in [-0.39, 0.29) is 0 Å². The highest BCUT2D eigenvalue weighted by Gasteiger charge is 2.57. The molecule has 3 aliphatic rings. The molecule has 0 aromatic heterocycles. The molecule has 0 aromatic rings. The Morgan fingerprint density at radius 2 is 2.00 bits per heavy atom. The van der Waals surface area contributed by atoms with E-state index < -0.39 is 0 Å². The normalized spacial score (nSPS) is 38.2. The molecular weight excluding hydrogens is 186 g/mol. The van der Waals surface area contributed by atoms with Crippen LogP contribution in [0, 0.1) is 5.41 Å². The Kier molecular flexibility index (Phi) is 2.52. The molecule has 0 radical (unpaired) electrons. The minimum absolute atomic E-state index is 0.540. The summed E-state index contributed by atoms with van der Waals surface area (Å²) >= 11 is 0. The molecular formula is C13H23NO. The molecule has 0 saturated heterocycles. The zero-order valence-corrected chi connectivity index (χ0v) is 9.80. The smallest absolute Gasteiger partial charge is 0.0661 e. The molecule has 2 nitrogen and oxygen atoms in total. The third-order valence-electron chi connectivity index (χ3n) is 4.70. The van der Waals surface area contributed by atoms with Gasteiger partial charge in [0.15, 0.2) is 0 Å². The number of hydrogen-bond donors (Lipinski definition) is 1. The molecule has 0 aliphatic heterocycles. The predicted molar refractivity (Wildman–Crippen MR) is 60.9 cm³/mol. The maximum atomic E-state index is 5.91. The lowest BCUT2D eigenvalue weighted by atomic mass is 9.60. The van der Waals surface area contributed by atoms with E-state index in [9.17, 15) is 0 Å². The van der Waals surface area contributed by atoms with Crippen LogP contribution in [-0.4, -0.2) is 24.8 Å². The summed E-state index contributed by atoms with van der Waals surface area (Å²) in [6, 6.07) is 1.64. The Morgan fingerprint density at radius 3 is 2.60 bits per heavy atom. The maximum Gasteiger partial charge on any atom is 0.0661 e. The molecule has 3 aliphatic carbocycles. The molecule has 1 N–H and O–H groups in total. The van der Waals surface area contributed by atoms with Gasteiger partial charge in [-0.2, -0.15) is 0 Å². The Labute approximate surface area is 92.8 Å². The van der Waals surface area contributed by atoms with E-state index in [2.05, 4.69) is 12.2 Å². The van der Waals surface area contributed by atoms with Crippen LogP contribution in [0.25, 0.3) is 0 Å². The highest BCUT2D eigenvalue weighted by Crippen LogP contribution is 2.55. The van der Waals surface area contributed by atoms with Gasteiger partial charge >= 0.3 is 0 Å². The number of ether oxygens (including phenoxy) is 1. The average Bonchev–Trinajstić information content (AvgIpc) is 2.90. The third-order valence-corrected chi connectivity index (χ3v) is 4.70. The van der Waals surface area contributed by atoms with Crippen molar-refractivity contribution in [3.63, 3.8) is 0 Å². The largest absolute Gasteiger partial charge is 0.378 e. The first kappa shape index (κ1) is 10.1. The molecule has 0 heterocycles. The second-order valence-corrected chi connectivity index (χ2v) is 5.61. The van der Waals surface area contributed by atoms with Gasteiger partial charge in [0.25, 0.3) is 0 Å². The van der Waals surface area contributed by atoms with E-state index in [1.807, 2.05) is 0 Å². The van der Waals surface area contributed by atoms with Gasteiger partial charge in [-0.15, -0.1) is 0 Å². The van der Waals surface area contributed by atoms with Crippen molar-refractivity contribution in [1.82, 2.24) is 5.32 Å². The summed E-state index contributed by atoms with van der Waals surface area (Å²) in [6.07, 6.45) is 10.3. The molecule has 3 saturated carbocycles. The van der Waals surface area contributed by atoms with E-state index in [1.54, 1.807) is 0 Å². The minimum atomic E-state index is 0.540. The number of rotatable bonds is 4. The molecule has 0 amide bonds. The Balaban J connectivity index is 1.64. The molecule has 0 bridgehead atoms. The Bertz CT molecular complexity index is 231. The highest BCUT2D eigenvalue weighted by atomic mass is 16.5. The van der Waals surface area contributed by atoms with Gasteiger partial charge < -0.3 is 10.1 Å². The lowest BCUT2D eigenvalue weighted by Crippen LogP contribution is -2.63. The summed E-state index contributed by atoms with van der Waals surface area (Å²) in [5.74, 6) is 0. The van der Waals surface area contributed by atoms with Gasteiger partial charge in [0.1, 0.15) is 0 Å². The van der Waals surface area contributed by atoms with Crippen LogP contribution >= 0.6 is 0 Å². The van der Waals surface area contributed by atoms with Crippen LogP contribution in [0.2, 0.25) is 0 Å². The van der Waals surface area contributed by atoms with Crippen molar-refractivity contribution < 1.29 is 4.74 Å². The standard InChI is InChI=1S/C13H23NO/c1-2-15-12-9-11(14-10-5-6-10)13(12)7-3-4-8-13/h10-12,14H,2-9H2,1H3. The van der Waals surface area contributed by atoms with Gasteiger partial charge in [0.05, 0.1) is 6.10 Å². The van der Waals surface area contributed by atoms with E-state index in [4.69, 9.17) is 4.74 Å². The first-order valence-electron chi connectivity index (χ1n) is 6.73. The van der Waals surface area contributed by atoms with Gasteiger partial charge in [-0.3, -0.25) is 0 Å². The van der Waals surface area contributed by atoms with Crippen molar-refractivity contribution in [2.45, 2.75) is 70.1 Å². The van der Waals surface area contributed by atoms with E-state index in [1.165, 1.54) is 44.9 Å². The van der Waals surface area contributed by atoms with Crippen LogP contribution in [0.3, 0.4) is 0 Å². The minimum Gasteiger partial charge on any atom is -0.378 e. The van der Waals surface area contributed by atoms with Gasteiger partial charge in [-0.1, -0.05) is 12.8 Å². The van der Waals surface area contributed by atoms with Gasteiger partial charge in [-0.05, 0) is 39.0 Å². The number of hydrogen-bond acceptors (Lipinski definition) is 2. The Hall–Kier alpha value is -0.0800. The average molecular weight is 209 g/mol. The van der Waals surface area contributed by atoms with Gasteiger partial charge in [-0.25, -0.2) is 0 Å². The summed E-state index contributed by atoms with van der Waals surface area (Å²) in [5.41, 5.74) is 0.540. The van der Waals surface area contributed by atoms with Gasteiger partial charge in [0, 0.05) is 24.1 Å². The Morgan fingerprint density at radius 1 is 1.27 bits per heavy atom. The molecule has 3 fully saturated rings. The molecule has 3 rings (SSSR count). The molecule has 2 heteroatoms. The molecule has 1 spiro atoms. The summed E-state index contributed by atoms with van der Waals surface area (Å²) in [4.78, 5) is 0. The first-order chi connectivity index (χ1) is 7.35. The predicted octanol–water partition coefficient (Wildman–Crippen LogP) is 2.48. The first-order valence-corrected chi connectivity index (χ1v) is 6.73. The second kappa shape index (κ2) is 3.74. The monoisotopic (exact) mass is 209 g/mol. The maximum absolute atomic E-state index is 5.91. The van der Waals surface area contributed by atoms with Crippen molar-refractivity contribution >= 4 is 0 Å². The summed E-state index contributed by atoms with van der Waals surface area (Å²) in [7, 11) is 0. The quantitative estimate of drug-likeness (QED) is 0.768. The molecule has 2 atom stereocenters. The zero-order chi connectivity index (χ0) is 10.3. The molecule has 0 aromatic carbocycles. The second-order valence-electron chi connectivity index (χ2n) is 5.61. The summed E-state index contributed by atoms with van der Waals surface area (Å²) < 4.78 is 5.91. The fraction of sp³-hybridized carbons (Fsp3) is 1.00. The topological polar surface area (TPSA) is 21.3 Å². The third kappa shape index (κ3) is 1.62. The van der Waals surface area contributed by atoms with Crippen molar-refractivity contribution in [2.24, 2.45) is 5.41 Å². The van der Waals surface area contributed by atoms with E-state index in [0.717, 1.165) is 18.7 Å². The number of nitrogens with one attached hydrogen (secondary N) is 1.